The summed E-state index contributed by atoms with van der Waals surface area (Å²) in [6.07, 6.45) is -1.10. The lowest BCUT2D eigenvalue weighted by Crippen LogP contribution is -2.39. The number of hydrogen-bond donors (Lipinski definition) is 2. The topological polar surface area (TPSA) is 94.1 Å². The van der Waals surface area contributed by atoms with Crippen molar-refractivity contribution in [1.29, 1.82) is 0 Å². The molecular formula is C19H21NO6. The van der Waals surface area contributed by atoms with E-state index >= 15 is 0 Å². The lowest BCUT2D eigenvalue weighted by atomic mass is 10.2. The van der Waals surface area contributed by atoms with E-state index in [9.17, 15) is 9.59 Å². The number of carboxylic acid groups (broad SMARTS) is 1. The number of aliphatic carboxylic acids is 1. The van der Waals surface area contributed by atoms with Gasteiger partial charge < -0.3 is 24.6 Å². The van der Waals surface area contributed by atoms with Crippen LogP contribution in [0.25, 0.3) is 0 Å². The fourth-order valence-electron chi connectivity index (χ4n) is 2.10. The minimum Gasteiger partial charge on any atom is -0.485 e. The van der Waals surface area contributed by atoms with Gasteiger partial charge in [-0.05, 0) is 17.7 Å². The fourth-order valence-corrected chi connectivity index (χ4v) is 2.10. The van der Waals surface area contributed by atoms with E-state index in [1.807, 2.05) is 36.4 Å². The highest BCUT2D eigenvalue weighted by Crippen LogP contribution is 2.27. The third-order valence-electron chi connectivity index (χ3n) is 3.49. The molecule has 0 aliphatic heterocycles. The molecule has 1 atom stereocenters. The van der Waals surface area contributed by atoms with E-state index < -0.39 is 18.0 Å². The molecule has 2 aromatic carbocycles. The lowest BCUT2D eigenvalue weighted by molar-refractivity contribution is -0.148. The maximum atomic E-state index is 11.8. The number of amides is 1. The number of hydrogen-bond acceptors (Lipinski definition) is 5. The van der Waals surface area contributed by atoms with E-state index in [1.165, 1.54) is 7.11 Å². The van der Waals surface area contributed by atoms with Crippen LogP contribution in [0, 0.1) is 0 Å². The standard InChI is InChI=1S/C19H21NO6/c1-24-17(19(22)23)11-20-18(21)13-26-16-10-6-5-9-15(16)25-12-14-7-3-2-4-8-14/h2-10,17H,11-13H2,1H3,(H,20,21)(H,22,23). The van der Waals surface area contributed by atoms with Crippen LogP contribution in [0.4, 0.5) is 0 Å². The summed E-state index contributed by atoms with van der Waals surface area (Å²) in [5, 5.41) is 11.3. The SMILES string of the molecule is COC(CNC(=O)COc1ccccc1OCc1ccccc1)C(=O)O. The molecule has 0 bridgehead atoms. The van der Waals surface area contributed by atoms with Crippen LogP contribution >= 0.6 is 0 Å². The maximum Gasteiger partial charge on any atom is 0.334 e. The first-order valence-electron chi connectivity index (χ1n) is 8.01. The van der Waals surface area contributed by atoms with Crippen molar-refractivity contribution >= 4 is 11.9 Å². The van der Waals surface area contributed by atoms with Crippen molar-refractivity contribution < 1.29 is 28.9 Å². The first kappa shape index (κ1) is 19.3. The van der Waals surface area contributed by atoms with Crippen LogP contribution in [-0.2, 0) is 20.9 Å². The Kier molecular flexibility index (Phi) is 7.45. The molecule has 0 aliphatic rings. The van der Waals surface area contributed by atoms with Crippen LogP contribution in [-0.4, -0.2) is 43.3 Å². The van der Waals surface area contributed by atoms with Crippen LogP contribution in [0.2, 0.25) is 0 Å². The summed E-state index contributed by atoms with van der Waals surface area (Å²) in [6.45, 7) is -0.0243. The van der Waals surface area contributed by atoms with Gasteiger partial charge in [0, 0.05) is 7.11 Å². The van der Waals surface area contributed by atoms with Gasteiger partial charge in [-0.1, -0.05) is 42.5 Å². The molecule has 0 aromatic heterocycles. The Hall–Kier alpha value is -3.06. The minimum absolute atomic E-state index is 0.139. The van der Waals surface area contributed by atoms with Gasteiger partial charge in [0.25, 0.3) is 5.91 Å². The second-order valence-corrected chi connectivity index (χ2v) is 5.38. The molecule has 1 amide bonds. The van der Waals surface area contributed by atoms with Crippen LogP contribution < -0.4 is 14.8 Å². The van der Waals surface area contributed by atoms with Gasteiger partial charge in [-0.2, -0.15) is 0 Å². The fraction of sp³-hybridized carbons (Fsp3) is 0.263. The number of methoxy groups -OCH3 is 1. The van der Waals surface area contributed by atoms with Crippen LogP contribution in [0.1, 0.15) is 5.56 Å². The Labute approximate surface area is 151 Å². The molecule has 138 valence electrons. The summed E-state index contributed by atoms with van der Waals surface area (Å²) in [4.78, 5) is 22.7. The quantitative estimate of drug-likeness (QED) is 0.672. The van der Waals surface area contributed by atoms with Gasteiger partial charge in [-0.3, -0.25) is 4.79 Å². The van der Waals surface area contributed by atoms with Crippen molar-refractivity contribution in [2.45, 2.75) is 12.7 Å². The second-order valence-electron chi connectivity index (χ2n) is 5.38. The summed E-state index contributed by atoms with van der Waals surface area (Å²) in [7, 11) is 1.27. The van der Waals surface area contributed by atoms with E-state index in [0.29, 0.717) is 18.1 Å². The van der Waals surface area contributed by atoms with Gasteiger partial charge in [0.1, 0.15) is 6.61 Å². The van der Waals surface area contributed by atoms with Gasteiger partial charge in [-0.15, -0.1) is 0 Å². The third kappa shape index (κ3) is 6.10. The summed E-state index contributed by atoms with van der Waals surface area (Å²) < 4.78 is 16.0. The Morgan fingerprint density at radius 2 is 1.62 bits per heavy atom. The van der Waals surface area contributed by atoms with Crippen molar-refractivity contribution in [3.8, 4) is 11.5 Å². The largest absolute Gasteiger partial charge is 0.485 e. The van der Waals surface area contributed by atoms with Crippen LogP contribution in [0.5, 0.6) is 11.5 Å². The Balaban J connectivity index is 1.85. The number of nitrogens with one attached hydrogen (secondary N) is 1. The highest BCUT2D eigenvalue weighted by Gasteiger charge is 2.17. The number of carbonyl (C=O) groups is 2. The molecule has 2 aromatic rings. The summed E-state index contributed by atoms with van der Waals surface area (Å²) in [5.41, 5.74) is 1.01. The third-order valence-corrected chi connectivity index (χ3v) is 3.49. The summed E-state index contributed by atoms with van der Waals surface area (Å²) in [6, 6.07) is 16.7. The highest BCUT2D eigenvalue weighted by atomic mass is 16.5. The molecule has 0 spiro atoms. The number of rotatable bonds is 10. The predicted octanol–water partition coefficient (Wildman–Crippen LogP) is 1.86. The van der Waals surface area contributed by atoms with E-state index in [4.69, 9.17) is 19.3 Å². The predicted molar refractivity (Wildman–Crippen MR) is 94.2 cm³/mol. The maximum absolute atomic E-state index is 11.8. The van der Waals surface area contributed by atoms with Crippen LogP contribution in [0.3, 0.4) is 0 Å². The Bertz CT molecular complexity index is 719. The van der Waals surface area contributed by atoms with Crippen molar-refractivity contribution in [3.05, 3.63) is 60.2 Å². The zero-order chi connectivity index (χ0) is 18.8. The first-order chi connectivity index (χ1) is 12.6. The van der Waals surface area contributed by atoms with E-state index in [2.05, 4.69) is 5.32 Å². The smallest absolute Gasteiger partial charge is 0.334 e. The van der Waals surface area contributed by atoms with Gasteiger partial charge in [0.05, 0.1) is 6.54 Å². The average molecular weight is 359 g/mol. The Morgan fingerprint density at radius 3 is 2.23 bits per heavy atom. The lowest BCUT2D eigenvalue weighted by Gasteiger charge is -2.14. The average Bonchev–Trinajstić information content (AvgIpc) is 2.66. The molecule has 7 heteroatoms. The molecule has 26 heavy (non-hydrogen) atoms. The normalized spacial score (nSPS) is 11.4. The van der Waals surface area contributed by atoms with Gasteiger partial charge in [-0.25, -0.2) is 4.79 Å². The number of carbonyl (C=O) groups excluding carboxylic acids is 1. The number of carboxylic acids is 1. The molecule has 0 saturated heterocycles. The molecule has 0 fully saturated rings. The zero-order valence-electron chi connectivity index (χ0n) is 14.4. The van der Waals surface area contributed by atoms with Gasteiger partial charge in [0.2, 0.25) is 0 Å². The zero-order valence-corrected chi connectivity index (χ0v) is 14.4. The molecule has 2 N–H and O–H groups in total. The summed E-state index contributed by atoms with van der Waals surface area (Å²) in [5.74, 6) is -0.649. The molecule has 0 heterocycles. The monoisotopic (exact) mass is 359 g/mol. The molecule has 1 unspecified atom stereocenters. The van der Waals surface area contributed by atoms with E-state index in [1.54, 1.807) is 18.2 Å². The van der Waals surface area contributed by atoms with Crippen molar-refractivity contribution in [2.75, 3.05) is 20.3 Å². The van der Waals surface area contributed by atoms with Crippen molar-refractivity contribution in [3.63, 3.8) is 0 Å². The molecule has 0 aliphatic carbocycles. The molecule has 7 nitrogen and oxygen atoms in total. The molecule has 2 rings (SSSR count). The number of para-hydroxylation sites is 2. The number of ether oxygens (including phenoxy) is 3. The molecular weight excluding hydrogens is 338 g/mol. The van der Waals surface area contributed by atoms with E-state index in [-0.39, 0.29) is 13.2 Å². The van der Waals surface area contributed by atoms with Gasteiger partial charge >= 0.3 is 5.97 Å². The first-order valence-corrected chi connectivity index (χ1v) is 8.01. The van der Waals surface area contributed by atoms with Gasteiger partial charge in [0.15, 0.2) is 24.2 Å². The molecule has 0 radical (unpaired) electrons. The highest BCUT2D eigenvalue weighted by molar-refractivity contribution is 5.79. The molecule has 0 saturated carbocycles. The second kappa shape index (κ2) is 10.0. The van der Waals surface area contributed by atoms with E-state index in [0.717, 1.165) is 5.56 Å². The summed E-state index contributed by atoms with van der Waals surface area (Å²) >= 11 is 0. The number of benzene rings is 2. The Morgan fingerprint density at radius 1 is 1.00 bits per heavy atom. The minimum atomic E-state index is -1.15. The van der Waals surface area contributed by atoms with Crippen molar-refractivity contribution in [1.82, 2.24) is 5.32 Å². The van der Waals surface area contributed by atoms with Crippen molar-refractivity contribution in [2.24, 2.45) is 0 Å². The van der Waals surface area contributed by atoms with Crippen LogP contribution in [0.15, 0.2) is 54.6 Å².